The zero-order chi connectivity index (χ0) is 9.71. The molecule has 3 rings (SSSR count). The van der Waals surface area contributed by atoms with E-state index in [-0.39, 0.29) is 6.04 Å². The molecule has 76 valence electrons. The van der Waals surface area contributed by atoms with Gasteiger partial charge in [0.2, 0.25) is 0 Å². The largest absolute Gasteiger partial charge is 0.381 e. The fraction of sp³-hybridized carbons (Fsp3) is 0.600. The van der Waals surface area contributed by atoms with Gasteiger partial charge in [0, 0.05) is 15.4 Å². The van der Waals surface area contributed by atoms with Crippen molar-refractivity contribution in [3.05, 3.63) is 20.8 Å². The third-order valence-corrected chi connectivity index (χ3v) is 5.35. The van der Waals surface area contributed by atoms with Crippen LogP contribution in [0.1, 0.15) is 10.9 Å². The van der Waals surface area contributed by atoms with E-state index in [1.165, 1.54) is 9.35 Å². The van der Waals surface area contributed by atoms with E-state index < -0.39 is 0 Å². The molecule has 1 aromatic rings. The van der Waals surface area contributed by atoms with Crippen LogP contribution in [0.25, 0.3) is 0 Å². The molecule has 0 spiro atoms. The van der Waals surface area contributed by atoms with E-state index in [4.69, 9.17) is 10.5 Å². The summed E-state index contributed by atoms with van der Waals surface area (Å²) >= 11 is 5.29. The topological polar surface area (TPSA) is 35.2 Å². The molecule has 2 heterocycles. The van der Waals surface area contributed by atoms with Crippen LogP contribution in [0.5, 0.6) is 0 Å². The summed E-state index contributed by atoms with van der Waals surface area (Å²) in [5.41, 5.74) is 6.26. The van der Waals surface area contributed by atoms with Crippen LogP contribution in [0.15, 0.2) is 15.9 Å². The van der Waals surface area contributed by atoms with Gasteiger partial charge in [-0.25, -0.2) is 0 Å². The first-order valence-corrected chi connectivity index (χ1v) is 6.52. The Hall–Kier alpha value is 0.1000. The number of rotatable bonds is 2. The Morgan fingerprint density at radius 3 is 2.79 bits per heavy atom. The summed E-state index contributed by atoms with van der Waals surface area (Å²) in [6.07, 6.45) is 0. The highest BCUT2D eigenvalue weighted by Gasteiger charge is 2.57. The van der Waals surface area contributed by atoms with E-state index in [1.54, 1.807) is 11.3 Å². The number of hydrogen-bond donors (Lipinski definition) is 1. The molecule has 0 bridgehead atoms. The van der Waals surface area contributed by atoms with Crippen LogP contribution >= 0.6 is 27.3 Å². The molecule has 3 atom stereocenters. The standard InChI is InChI=1S/C10H12BrNOS/c11-7-1-2-14-10(7)9(12)8-5-3-13-4-6(5)8/h1-2,5-6,8-9H,3-4,12H2. The first kappa shape index (κ1) is 9.33. The zero-order valence-electron chi connectivity index (χ0n) is 7.65. The molecule has 3 unspecified atom stereocenters. The van der Waals surface area contributed by atoms with Gasteiger partial charge in [-0.1, -0.05) is 0 Å². The van der Waals surface area contributed by atoms with Crippen molar-refractivity contribution in [1.82, 2.24) is 0 Å². The van der Waals surface area contributed by atoms with E-state index >= 15 is 0 Å². The van der Waals surface area contributed by atoms with Crippen molar-refractivity contribution in [2.45, 2.75) is 6.04 Å². The van der Waals surface area contributed by atoms with Gasteiger partial charge in [0.1, 0.15) is 0 Å². The smallest absolute Gasteiger partial charge is 0.0501 e. The van der Waals surface area contributed by atoms with Crippen LogP contribution in [-0.2, 0) is 4.74 Å². The summed E-state index contributed by atoms with van der Waals surface area (Å²) in [6.45, 7) is 1.85. The highest BCUT2D eigenvalue weighted by Crippen LogP contribution is 2.57. The average Bonchev–Trinajstić information content (AvgIpc) is 2.57. The number of halogens is 1. The number of hydrogen-bond acceptors (Lipinski definition) is 3. The Kier molecular flexibility index (Phi) is 2.20. The molecule has 2 nitrogen and oxygen atoms in total. The van der Waals surface area contributed by atoms with Crippen molar-refractivity contribution in [2.24, 2.45) is 23.5 Å². The van der Waals surface area contributed by atoms with Crippen LogP contribution in [0.4, 0.5) is 0 Å². The predicted octanol–water partition coefficient (Wildman–Crippen LogP) is 2.40. The Balaban J connectivity index is 1.78. The van der Waals surface area contributed by atoms with Crippen LogP contribution in [0, 0.1) is 17.8 Å². The number of ether oxygens (including phenoxy) is 1. The Bertz CT molecular complexity index is 344. The van der Waals surface area contributed by atoms with E-state index in [1.807, 2.05) is 0 Å². The van der Waals surface area contributed by atoms with Crippen molar-refractivity contribution >= 4 is 27.3 Å². The monoisotopic (exact) mass is 273 g/mol. The van der Waals surface area contributed by atoms with Crippen molar-refractivity contribution in [3.63, 3.8) is 0 Å². The number of nitrogens with two attached hydrogens (primary N) is 1. The second-order valence-corrected chi connectivity index (χ2v) is 5.90. The summed E-state index contributed by atoms with van der Waals surface area (Å²) in [7, 11) is 0. The molecule has 0 amide bonds. The molecule has 2 aliphatic rings. The molecule has 0 aromatic carbocycles. The minimum Gasteiger partial charge on any atom is -0.381 e. The highest BCUT2D eigenvalue weighted by molar-refractivity contribution is 9.10. The number of thiophene rings is 1. The summed E-state index contributed by atoms with van der Waals surface area (Å²) in [4.78, 5) is 1.30. The predicted molar refractivity (Wildman–Crippen MR) is 60.2 cm³/mol. The van der Waals surface area contributed by atoms with Gasteiger partial charge < -0.3 is 10.5 Å². The van der Waals surface area contributed by atoms with Gasteiger partial charge in [0.05, 0.1) is 13.2 Å². The summed E-state index contributed by atoms with van der Waals surface area (Å²) in [5, 5.41) is 2.09. The maximum atomic E-state index is 6.26. The van der Waals surface area contributed by atoms with Crippen molar-refractivity contribution in [1.29, 1.82) is 0 Å². The van der Waals surface area contributed by atoms with Crippen molar-refractivity contribution < 1.29 is 4.74 Å². The van der Waals surface area contributed by atoms with Crippen LogP contribution in [0.2, 0.25) is 0 Å². The Morgan fingerprint density at radius 2 is 2.21 bits per heavy atom. The van der Waals surface area contributed by atoms with Gasteiger partial charge in [0.15, 0.2) is 0 Å². The summed E-state index contributed by atoms with van der Waals surface area (Å²) < 4.78 is 6.54. The molecular formula is C10H12BrNOS. The normalized spacial score (nSPS) is 36.9. The molecule has 1 aromatic heterocycles. The third-order valence-electron chi connectivity index (χ3n) is 3.38. The molecule has 14 heavy (non-hydrogen) atoms. The first-order chi connectivity index (χ1) is 6.79. The molecule has 1 saturated heterocycles. The van der Waals surface area contributed by atoms with E-state index in [0.29, 0.717) is 5.92 Å². The lowest BCUT2D eigenvalue weighted by atomic mass is 10.1. The lowest BCUT2D eigenvalue weighted by Gasteiger charge is -2.12. The second kappa shape index (κ2) is 3.30. The lowest BCUT2D eigenvalue weighted by Crippen LogP contribution is -2.16. The van der Waals surface area contributed by atoms with Crippen LogP contribution in [-0.4, -0.2) is 13.2 Å². The minimum absolute atomic E-state index is 0.211. The molecule has 1 aliphatic heterocycles. The average molecular weight is 274 g/mol. The molecule has 4 heteroatoms. The minimum atomic E-state index is 0.211. The fourth-order valence-corrected chi connectivity index (χ4v) is 4.23. The molecule has 2 N–H and O–H groups in total. The van der Waals surface area contributed by atoms with E-state index in [2.05, 4.69) is 27.4 Å². The molecule has 2 fully saturated rings. The van der Waals surface area contributed by atoms with Gasteiger partial charge in [-0.3, -0.25) is 0 Å². The summed E-state index contributed by atoms with van der Waals surface area (Å²) in [5.74, 6) is 2.14. The molecular weight excluding hydrogens is 262 g/mol. The van der Waals surface area contributed by atoms with Gasteiger partial charge in [-0.2, -0.15) is 0 Å². The molecule has 1 saturated carbocycles. The zero-order valence-corrected chi connectivity index (χ0v) is 10.1. The van der Waals surface area contributed by atoms with E-state index in [9.17, 15) is 0 Å². The van der Waals surface area contributed by atoms with Gasteiger partial charge >= 0.3 is 0 Å². The quantitative estimate of drug-likeness (QED) is 0.898. The second-order valence-electron chi connectivity index (χ2n) is 4.10. The summed E-state index contributed by atoms with van der Waals surface area (Å²) in [6, 6.07) is 2.29. The maximum absolute atomic E-state index is 6.26. The SMILES string of the molecule is NC(c1sccc1Br)C1C2COCC21. The molecule has 1 aliphatic carbocycles. The maximum Gasteiger partial charge on any atom is 0.0501 e. The molecule has 0 radical (unpaired) electrons. The Labute approximate surface area is 95.6 Å². The van der Waals surface area contributed by atoms with Gasteiger partial charge in [-0.05, 0) is 45.1 Å². The van der Waals surface area contributed by atoms with Crippen LogP contribution < -0.4 is 5.73 Å². The van der Waals surface area contributed by atoms with Crippen LogP contribution in [0.3, 0.4) is 0 Å². The van der Waals surface area contributed by atoms with Crippen molar-refractivity contribution in [2.75, 3.05) is 13.2 Å². The lowest BCUT2D eigenvalue weighted by molar-refractivity contribution is 0.146. The third kappa shape index (κ3) is 1.28. The van der Waals surface area contributed by atoms with E-state index in [0.717, 1.165) is 25.0 Å². The number of fused-ring (bicyclic) bond motifs is 1. The highest BCUT2D eigenvalue weighted by atomic mass is 79.9. The fourth-order valence-electron chi connectivity index (χ4n) is 2.53. The van der Waals surface area contributed by atoms with Gasteiger partial charge in [-0.15, -0.1) is 11.3 Å². The Morgan fingerprint density at radius 1 is 1.50 bits per heavy atom. The first-order valence-electron chi connectivity index (χ1n) is 4.85. The van der Waals surface area contributed by atoms with Gasteiger partial charge in [0.25, 0.3) is 0 Å². The van der Waals surface area contributed by atoms with Crippen molar-refractivity contribution in [3.8, 4) is 0 Å².